The maximum atomic E-state index is 12.0. The van der Waals surface area contributed by atoms with E-state index in [2.05, 4.69) is 5.32 Å². The standard InChI is InChI=1S/C15H23ClN2O3S/c1-5-12(3)18(22(4,20)21)9-8-15(19)17-14-7-6-13(16)10-11(14)2/h6-7,10,12H,5,8-9H2,1-4H3,(H,17,19). The summed E-state index contributed by atoms with van der Waals surface area (Å²) in [5.41, 5.74) is 1.55. The molecule has 0 saturated heterocycles. The number of sulfonamides is 1. The van der Waals surface area contributed by atoms with E-state index in [-0.39, 0.29) is 24.9 Å². The molecular weight excluding hydrogens is 324 g/mol. The van der Waals surface area contributed by atoms with E-state index in [1.54, 1.807) is 18.2 Å². The van der Waals surface area contributed by atoms with Gasteiger partial charge in [0.15, 0.2) is 0 Å². The van der Waals surface area contributed by atoms with Gasteiger partial charge in [-0.1, -0.05) is 18.5 Å². The van der Waals surface area contributed by atoms with Crippen molar-refractivity contribution in [2.24, 2.45) is 0 Å². The summed E-state index contributed by atoms with van der Waals surface area (Å²) in [5.74, 6) is -0.220. The molecule has 7 heteroatoms. The van der Waals surface area contributed by atoms with Gasteiger partial charge in [-0.3, -0.25) is 4.79 Å². The van der Waals surface area contributed by atoms with Crippen molar-refractivity contribution in [3.63, 3.8) is 0 Å². The van der Waals surface area contributed by atoms with Crippen LogP contribution in [0.3, 0.4) is 0 Å². The highest BCUT2D eigenvalue weighted by molar-refractivity contribution is 7.88. The van der Waals surface area contributed by atoms with E-state index in [9.17, 15) is 13.2 Å². The molecular formula is C15H23ClN2O3S. The number of amides is 1. The largest absolute Gasteiger partial charge is 0.326 e. The molecule has 1 rings (SSSR count). The first kappa shape index (κ1) is 18.9. The first-order valence-electron chi connectivity index (χ1n) is 7.18. The lowest BCUT2D eigenvalue weighted by Gasteiger charge is -2.25. The summed E-state index contributed by atoms with van der Waals surface area (Å²) < 4.78 is 24.9. The molecule has 0 heterocycles. The third kappa shape index (κ3) is 5.59. The Balaban J connectivity index is 2.68. The highest BCUT2D eigenvalue weighted by atomic mass is 35.5. The molecule has 1 unspecified atom stereocenters. The lowest BCUT2D eigenvalue weighted by atomic mass is 10.2. The zero-order chi connectivity index (χ0) is 16.9. The summed E-state index contributed by atoms with van der Waals surface area (Å²) >= 11 is 5.87. The molecule has 1 N–H and O–H groups in total. The first-order chi connectivity index (χ1) is 10.1. The number of benzene rings is 1. The molecule has 1 aromatic rings. The quantitative estimate of drug-likeness (QED) is 0.825. The van der Waals surface area contributed by atoms with Crippen molar-refractivity contribution in [2.45, 2.75) is 39.7 Å². The zero-order valence-electron chi connectivity index (χ0n) is 13.4. The van der Waals surface area contributed by atoms with E-state index in [0.29, 0.717) is 17.1 Å². The minimum atomic E-state index is -3.32. The predicted octanol–water partition coefficient (Wildman–Crippen LogP) is 3.04. The minimum absolute atomic E-state index is 0.111. The molecule has 22 heavy (non-hydrogen) atoms. The van der Waals surface area contributed by atoms with Crippen LogP contribution in [0.15, 0.2) is 18.2 Å². The fourth-order valence-corrected chi connectivity index (χ4v) is 3.56. The number of nitrogens with one attached hydrogen (secondary N) is 1. The fraction of sp³-hybridized carbons (Fsp3) is 0.533. The average molecular weight is 347 g/mol. The monoisotopic (exact) mass is 346 g/mol. The molecule has 0 aliphatic carbocycles. The number of carbonyl (C=O) groups is 1. The summed E-state index contributed by atoms with van der Waals surface area (Å²) in [4.78, 5) is 12.0. The SMILES string of the molecule is CCC(C)N(CCC(=O)Nc1ccc(Cl)cc1C)S(C)(=O)=O. The van der Waals surface area contributed by atoms with Crippen molar-refractivity contribution >= 4 is 33.2 Å². The van der Waals surface area contributed by atoms with Crippen LogP contribution in [0.4, 0.5) is 5.69 Å². The number of halogens is 1. The van der Waals surface area contributed by atoms with Gasteiger partial charge < -0.3 is 5.32 Å². The van der Waals surface area contributed by atoms with Crippen molar-refractivity contribution in [3.8, 4) is 0 Å². The molecule has 0 fully saturated rings. The van der Waals surface area contributed by atoms with E-state index < -0.39 is 10.0 Å². The summed E-state index contributed by atoms with van der Waals surface area (Å²) in [5, 5.41) is 3.39. The summed E-state index contributed by atoms with van der Waals surface area (Å²) in [6.07, 6.45) is 1.98. The topological polar surface area (TPSA) is 66.5 Å². The third-order valence-electron chi connectivity index (χ3n) is 3.53. The number of hydrogen-bond acceptors (Lipinski definition) is 3. The second kappa shape index (κ2) is 7.94. The smallest absolute Gasteiger partial charge is 0.225 e. The van der Waals surface area contributed by atoms with Crippen LogP contribution < -0.4 is 5.32 Å². The van der Waals surface area contributed by atoms with Gasteiger partial charge in [0.05, 0.1) is 6.26 Å². The lowest BCUT2D eigenvalue weighted by molar-refractivity contribution is -0.116. The zero-order valence-corrected chi connectivity index (χ0v) is 15.0. The average Bonchev–Trinajstić information content (AvgIpc) is 2.40. The van der Waals surface area contributed by atoms with Gasteiger partial charge in [0.1, 0.15) is 0 Å². The Morgan fingerprint density at radius 2 is 2.05 bits per heavy atom. The summed E-state index contributed by atoms with van der Waals surface area (Å²) in [6.45, 7) is 5.78. The van der Waals surface area contributed by atoms with Crippen LogP contribution in [0.1, 0.15) is 32.3 Å². The molecule has 0 saturated carbocycles. The van der Waals surface area contributed by atoms with Crippen molar-refractivity contribution in [1.29, 1.82) is 0 Å². The molecule has 0 radical (unpaired) electrons. The van der Waals surface area contributed by atoms with E-state index in [1.807, 2.05) is 20.8 Å². The Bertz CT molecular complexity index is 632. The minimum Gasteiger partial charge on any atom is -0.326 e. The molecule has 5 nitrogen and oxygen atoms in total. The van der Waals surface area contributed by atoms with Gasteiger partial charge in [-0.2, -0.15) is 4.31 Å². The van der Waals surface area contributed by atoms with Crippen LogP contribution in [0.2, 0.25) is 5.02 Å². The number of hydrogen-bond donors (Lipinski definition) is 1. The van der Waals surface area contributed by atoms with Gasteiger partial charge in [-0.05, 0) is 44.0 Å². The van der Waals surface area contributed by atoms with E-state index >= 15 is 0 Å². The molecule has 1 amide bonds. The number of nitrogens with zero attached hydrogens (tertiary/aromatic N) is 1. The number of carbonyl (C=O) groups excluding carboxylic acids is 1. The third-order valence-corrected chi connectivity index (χ3v) is 5.16. The van der Waals surface area contributed by atoms with Crippen LogP contribution in [-0.2, 0) is 14.8 Å². The Hall–Kier alpha value is -1.11. The van der Waals surface area contributed by atoms with Gasteiger partial charge in [0.25, 0.3) is 0 Å². The number of rotatable bonds is 7. The molecule has 0 bridgehead atoms. The Labute approximate surface area is 137 Å². The van der Waals surface area contributed by atoms with Crippen molar-refractivity contribution < 1.29 is 13.2 Å². The Kier molecular flexibility index (Phi) is 6.84. The van der Waals surface area contributed by atoms with Gasteiger partial charge in [0, 0.05) is 29.7 Å². The molecule has 124 valence electrons. The van der Waals surface area contributed by atoms with Gasteiger partial charge in [-0.15, -0.1) is 0 Å². The molecule has 0 spiro atoms. The first-order valence-corrected chi connectivity index (χ1v) is 9.40. The van der Waals surface area contributed by atoms with Crippen molar-refractivity contribution in [2.75, 3.05) is 18.1 Å². The van der Waals surface area contributed by atoms with E-state index in [0.717, 1.165) is 5.56 Å². The fourth-order valence-electron chi connectivity index (χ4n) is 2.11. The maximum Gasteiger partial charge on any atom is 0.225 e. The van der Waals surface area contributed by atoms with Crippen molar-refractivity contribution in [3.05, 3.63) is 28.8 Å². The predicted molar refractivity (Wildman–Crippen MR) is 90.7 cm³/mol. The molecule has 0 aliphatic rings. The number of anilines is 1. The van der Waals surface area contributed by atoms with E-state index in [4.69, 9.17) is 11.6 Å². The van der Waals surface area contributed by atoms with Crippen LogP contribution in [0.25, 0.3) is 0 Å². The summed E-state index contributed by atoms with van der Waals surface area (Å²) in [7, 11) is -3.32. The molecule has 1 atom stereocenters. The summed E-state index contributed by atoms with van der Waals surface area (Å²) in [6, 6.07) is 5.07. The van der Waals surface area contributed by atoms with Crippen LogP contribution in [0, 0.1) is 6.92 Å². The Morgan fingerprint density at radius 1 is 1.41 bits per heavy atom. The second-order valence-electron chi connectivity index (χ2n) is 5.39. The highest BCUT2D eigenvalue weighted by Crippen LogP contribution is 2.20. The molecule has 1 aromatic carbocycles. The Morgan fingerprint density at radius 3 is 2.55 bits per heavy atom. The number of aryl methyl sites for hydroxylation is 1. The lowest BCUT2D eigenvalue weighted by Crippen LogP contribution is -2.39. The van der Waals surface area contributed by atoms with Gasteiger partial charge in [0.2, 0.25) is 15.9 Å². The van der Waals surface area contributed by atoms with Crippen LogP contribution in [0.5, 0.6) is 0 Å². The van der Waals surface area contributed by atoms with Crippen LogP contribution >= 0.6 is 11.6 Å². The maximum absolute atomic E-state index is 12.0. The second-order valence-corrected chi connectivity index (χ2v) is 7.76. The van der Waals surface area contributed by atoms with Gasteiger partial charge in [-0.25, -0.2) is 8.42 Å². The van der Waals surface area contributed by atoms with Gasteiger partial charge >= 0.3 is 0 Å². The normalized spacial score (nSPS) is 13.2. The molecule has 0 aliphatic heterocycles. The van der Waals surface area contributed by atoms with Crippen LogP contribution in [-0.4, -0.2) is 37.5 Å². The molecule has 0 aromatic heterocycles. The van der Waals surface area contributed by atoms with E-state index in [1.165, 1.54) is 10.6 Å². The van der Waals surface area contributed by atoms with Crippen molar-refractivity contribution in [1.82, 2.24) is 4.31 Å². The highest BCUT2D eigenvalue weighted by Gasteiger charge is 2.22.